The van der Waals surface area contributed by atoms with Crippen molar-refractivity contribution in [3.05, 3.63) is 81.2 Å². The highest BCUT2D eigenvalue weighted by Gasteiger charge is 2.10. The van der Waals surface area contributed by atoms with Crippen LogP contribution in [0.3, 0.4) is 0 Å². The van der Waals surface area contributed by atoms with Gasteiger partial charge in [-0.3, -0.25) is 10.2 Å². The molecule has 1 heterocycles. The van der Waals surface area contributed by atoms with Gasteiger partial charge in [0.1, 0.15) is 16.5 Å². The van der Waals surface area contributed by atoms with Crippen LogP contribution in [-0.4, -0.2) is 23.1 Å². The molecule has 1 aromatic heterocycles. The third kappa shape index (κ3) is 3.92. The maximum absolute atomic E-state index is 12.5. The summed E-state index contributed by atoms with van der Waals surface area (Å²) in [6.07, 6.45) is 3.10. The highest BCUT2D eigenvalue weighted by molar-refractivity contribution is 6.32. The first-order valence-corrected chi connectivity index (χ1v) is 8.24. The molecule has 0 unspecified atom stereocenters. The molecule has 0 aliphatic carbocycles. The molecule has 3 aromatic rings. The molecule has 0 fully saturated rings. The van der Waals surface area contributed by atoms with Gasteiger partial charge in [0.25, 0.3) is 5.56 Å². The van der Waals surface area contributed by atoms with Crippen molar-refractivity contribution in [2.75, 3.05) is 12.5 Å². The number of nitrogens with one attached hydrogen (secondary N) is 1. The molecular formula is C19H17ClN4O2. The fourth-order valence-electron chi connectivity index (χ4n) is 2.25. The molecule has 3 rings (SSSR count). The summed E-state index contributed by atoms with van der Waals surface area (Å²) in [6.45, 7) is 2.02. The number of aromatic nitrogens is 2. The van der Waals surface area contributed by atoms with Crippen molar-refractivity contribution in [2.45, 2.75) is 6.92 Å². The van der Waals surface area contributed by atoms with Crippen LogP contribution in [0.1, 0.15) is 11.1 Å². The molecule has 0 bridgehead atoms. The number of hydrazone groups is 1. The summed E-state index contributed by atoms with van der Waals surface area (Å²) in [4.78, 5) is 12.5. The van der Waals surface area contributed by atoms with Gasteiger partial charge in [0.15, 0.2) is 0 Å². The zero-order chi connectivity index (χ0) is 18.5. The molecule has 6 nitrogen and oxygen atoms in total. The number of benzene rings is 2. The molecule has 0 spiro atoms. The van der Waals surface area contributed by atoms with Gasteiger partial charge in [-0.25, -0.2) is 0 Å². The predicted molar refractivity (Wildman–Crippen MR) is 104 cm³/mol. The van der Waals surface area contributed by atoms with Crippen LogP contribution in [0, 0.1) is 6.92 Å². The van der Waals surface area contributed by atoms with E-state index in [1.807, 2.05) is 31.2 Å². The smallest absolute Gasteiger partial charge is 0.292 e. The van der Waals surface area contributed by atoms with Crippen molar-refractivity contribution in [2.24, 2.45) is 5.10 Å². The Balaban J connectivity index is 1.80. The summed E-state index contributed by atoms with van der Waals surface area (Å²) in [5, 5.41) is 8.26. The molecule has 0 aliphatic heterocycles. The topological polar surface area (TPSA) is 68.5 Å². The highest BCUT2D eigenvalue weighted by atomic mass is 35.5. The van der Waals surface area contributed by atoms with Crippen molar-refractivity contribution in [3.8, 4) is 11.4 Å². The number of aryl methyl sites for hydroxylation is 1. The van der Waals surface area contributed by atoms with Gasteiger partial charge in [0.2, 0.25) is 0 Å². The van der Waals surface area contributed by atoms with E-state index in [4.69, 9.17) is 16.3 Å². The van der Waals surface area contributed by atoms with Gasteiger partial charge in [-0.05, 0) is 36.8 Å². The van der Waals surface area contributed by atoms with Gasteiger partial charge < -0.3 is 4.74 Å². The van der Waals surface area contributed by atoms with Gasteiger partial charge in [-0.15, -0.1) is 0 Å². The van der Waals surface area contributed by atoms with E-state index in [0.29, 0.717) is 17.1 Å². The van der Waals surface area contributed by atoms with Gasteiger partial charge >= 0.3 is 0 Å². The van der Waals surface area contributed by atoms with Crippen LogP contribution in [-0.2, 0) is 0 Å². The van der Waals surface area contributed by atoms with Crippen LogP contribution in [0.4, 0.5) is 5.69 Å². The molecular weight excluding hydrogens is 352 g/mol. The molecule has 1 N–H and O–H groups in total. The normalized spacial score (nSPS) is 10.9. The predicted octanol–water partition coefficient (Wildman–Crippen LogP) is 3.65. The standard InChI is InChI=1S/C19H17ClN4O2/c1-13-3-5-14(6-4-13)11-21-23-17-12-22-24(19(25)18(17)20)15-7-9-16(26-2)10-8-15/h3-12,23H,1-2H3/b21-11-. The highest BCUT2D eigenvalue weighted by Crippen LogP contribution is 2.18. The second-order valence-electron chi connectivity index (χ2n) is 5.57. The average Bonchev–Trinajstić information content (AvgIpc) is 2.67. The second kappa shape index (κ2) is 7.84. The number of ether oxygens (including phenoxy) is 1. The first-order chi connectivity index (χ1) is 12.6. The lowest BCUT2D eigenvalue weighted by Gasteiger charge is -2.08. The lowest BCUT2D eigenvalue weighted by molar-refractivity contribution is 0.414. The first kappa shape index (κ1) is 17.7. The number of halogens is 1. The van der Waals surface area contributed by atoms with Crippen molar-refractivity contribution in [1.29, 1.82) is 0 Å². The molecule has 0 saturated carbocycles. The number of hydrogen-bond donors (Lipinski definition) is 1. The summed E-state index contributed by atoms with van der Waals surface area (Å²) >= 11 is 6.17. The zero-order valence-corrected chi connectivity index (χ0v) is 15.1. The van der Waals surface area contributed by atoms with E-state index in [-0.39, 0.29) is 5.02 Å². The fourth-order valence-corrected chi connectivity index (χ4v) is 2.42. The molecule has 0 saturated heterocycles. The molecule has 7 heteroatoms. The molecule has 0 atom stereocenters. The number of methoxy groups -OCH3 is 1. The van der Waals surface area contributed by atoms with Crippen LogP contribution in [0.25, 0.3) is 5.69 Å². The molecule has 132 valence electrons. The van der Waals surface area contributed by atoms with E-state index in [1.165, 1.54) is 16.4 Å². The number of nitrogens with zero attached hydrogens (tertiary/aromatic N) is 3. The largest absolute Gasteiger partial charge is 0.497 e. The Kier molecular flexibility index (Phi) is 5.34. The monoisotopic (exact) mass is 368 g/mol. The van der Waals surface area contributed by atoms with Crippen molar-refractivity contribution >= 4 is 23.5 Å². The maximum Gasteiger partial charge on any atom is 0.292 e. The minimum atomic E-state index is -0.438. The van der Waals surface area contributed by atoms with Crippen molar-refractivity contribution in [3.63, 3.8) is 0 Å². The minimum absolute atomic E-state index is 0.0110. The molecule has 0 amide bonds. The molecule has 0 radical (unpaired) electrons. The lowest BCUT2D eigenvalue weighted by atomic mass is 10.2. The summed E-state index contributed by atoms with van der Waals surface area (Å²) < 4.78 is 6.32. The van der Waals surface area contributed by atoms with E-state index >= 15 is 0 Å². The summed E-state index contributed by atoms with van der Waals surface area (Å²) in [5.41, 5.74) is 5.35. The fraction of sp³-hybridized carbons (Fsp3) is 0.105. The Morgan fingerprint density at radius 3 is 2.50 bits per heavy atom. The lowest BCUT2D eigenvalue weighted by Crippen LogP contribution is -2.22. The third-order valence-electron chi connectivity index (χ3n) is 3.71. The first-order valence-electron chi connectivity index (χ1n) is 7.86. The number of rotatable bonds is 5. The second-order valence-corrected chi connectivity index (χ2v) is 5.95. The van der Waals surface area contributed by atoms with E-state index in [0.717, 1.165) is 5.56 Å². The molecule has 0 aliphatic rings. The Labute approximate surface area is 155 Å². The van der Waals surface area contributed by atoms with E-state index < -0.39 is 5.56 Å². The van der Waals surface area contributed by atoms with Crippen LogP contribution in [0.15, 0.2) is 64.6 Å². The van der Waals surface area contributed by atoms with E-state index in [2.05, 4.69) is 15.6 Å². The van der Waals surface area contributed by atoms with Crippen LogP contribution >= 0.6 is 11.6 Å². The maximum atomic E-state index is 12.5. The Hall–Kier alpha value is -3.12. The molecule has 2 aromatic carbocycles. The molecule has 26 heavy (non-hydrogen) atoms. The van der Waals surface area contributed by atoms with Gasteiger partial charge in [-0.2, -0.15) is 14.9 Å². The summed E-state index contributed by atoms with van der Waals surface area (Å²) in [7, 11) is 1.58. The van der Waals surface area contributed by atoms with Crippen LogP contribution < -0.4 is 15.7 Å². The quantitative estimate of drug-likeness (QED) is 0.551. The third-order valence-corrected chi connectivity index (χ3v) is 4.08. The van der Waals surface area contributed by atoms with Crippen molar-refractivity contribution in [1.82, 2.24) is 9.78 Å². The van der Waals surface area contributed by atoms with E-state index in [1.54, 1.807) is 37.6 Å². The van der Waals surface area contributed by atoms with Gasteiger partial charge in [-0.1, -0.05) is 41.4 Å². The number of hydrogen-bond acceptors (Lipinski definition) is 5. The SMILES string of the molecule is COc1ccc(-n2ncc(N/N=C\c3ccc(C)cc3)c(Cl)c2=O)cc1. The summed E-state index contributed by atoms with van der Waals surface area (Å²) in [6, 6.07) is 14.8. The number of anilines is 1. The minimum Gasteiger partial charge on any atom is -0.497 e. The van der Waals surface area contributed by atoms with Crippen LogP contribution in [0.2, 0.25) is 5.02 Å². The Morgan fingerprint density at radius 2 is 1.85 bits per heavy atom. The Morgan fingerprint density at radius 1 is 1.15 bits per heavy atom. The summed E-state index contributed by atoms with van der Waals surface area (Å²) in [5.74, 6) is 0.691. The average molecular weight is 369 g/mol. The van der Waals surface area contributed by atoms with Crippen molar-refractivity contribution < 1.29 is 4.74 Å². The van der Waals surface area contributed by atoms with Gasteiger partial charge in [0.05, 0.1) is 25.2 Å². The van der Waals surface area contributed by atoms with E-state index in [9.17, 15) is 4.79 Å². The zero-order valence-electron chi connectivity index (χ0n) is 14.3. The Bertz CT molecular complexity index is 980. The van der Waals surface area contributed by atoms with Crippen LogP contribution in [0.5, 0.6) is 5.75 Å². The van der Waals surface area contributed by atoms with Gasteiger partial charge in [0, 0.05) is 0 Å².